The fourth-order valence-electron chi connectivity index (χ4n) is 1.17. The van der Waals surface area contributed by atoms with Gasteiger partial charge in [-0.15, -0.1) is 0 Å². The Morgan fingerprint density at radius 2 is 2.64 bits per heavy atom. The van der Waals surface area contributed by atoms with Gasteiger partial charge >= 0.3 is 0 Å². The second kappa shape index (κ2) is 2.42. The van der Waals surface area contributed by atoms with Gasteiger partial charge in [0.2, 0.25) is 0 Å². The first-order valence-corrected chi connectivity index (χ1v) is 3.73. The van der Waals surface area contributed by atoms with E-state index in [1.807, 2.05) is 25.3 Å². The molecule has 1 N–H and O–H groups in total. The van der Waals surface area contributed by atoms with Crippen molar-refractivity contribution < 1.29 is 4.84 Å². The van der Waals surface area contributed by atoms with Gasteiger partial charge < -0.3 is 9.82 Å². The molecule has 2 heterocycles. The van der Waals surface area contributed by atoms with Gasteiger partial charge in [0.05, 0.1) is 5.69 Å². The van der Waals surface area contributed by atoms with Crippen LogP contribution in [0.5, 0.6) is 0 Å². The smallest absolute Gasteiger partial charge is 0.130 e. The van der Waals surface area contributed by atoms with Crippen LogP contribution in [-0.2, 0) is 4.84 Å². The van der Waals surface area contributed by atoms with Gasteiger partial charge in [0, 0.05) is 12.6 Å². The van der Waals surface area contributed by atoms with Crippen molar-refractivity contribution in [3.05, 3.63) is 24.0 Å². The van der Waals surface area contributed by atoms with Gasteiger partial charge in [-0.05, 0) is 19.1 Å². The summed E-state index contributed by atoms with van der Waals surface area (Å²) >= 11 is 0. The van der Waals surface area contributed by atoms with E-state index in [4.69, 9.17) is 4.84 Å². The van der Waals surface area contributed by atoms with E-state index in [0.717, 1.165) is 17.8 Å². The highest BCUT2D eigenvalue weighted by Gasteiger charge is 2.17. The number of oxime groups is 1. The summed E-state index contributed by atoms with van der Waals surface area (Å²) in [5, 5.41) is 3.94. The first-order valence-electron chi connectivity index (χ1n) is 3.73. The molecule has 2 rings (SSSR count). The minimum atomic E-state index is 0.230. The lowest BCUT2D eigenvalue weighted by Gasteiger charge is -1.95. The Hall–Kier alpha value is -1.25. The zero-order chi connectivity index (χ0) is 7.68. The van der Waals surface area contributed by atoms with Gasteiger partial charge in [-0.1, -0.05) is 5.16 Å². The monoisotopic (exact) mass is 150 g/mol. The van der Waals surface area contributed by atoms with E-state index in [9.17, 15) is 0 Å². The maximum Gasteiger partial charge on any atom is 0.130 e. The fraction of sp³-hybridized carbons (Fsp3) is 0.375. The molecule has 0 radical (unpaired) electrons. The molecule has 1 aliphatic heterocycles. The molecular formula is C8H10N2O. The number of aromatic nitrogens is 1. The maximum atomic E-state index is 5.06. The highest BCUT2D eigenvalue weighted by atomic mass is 16.6. The molecule has 1 aromatic rings. The molecule has 3 nitrogen and oxygen atoms in total. The van der Waals surface area contributed by atoms with Crippen LogP contribution < -0.4 is 0 Å². The zero-order valence-electron chi connectivity index (χ0n) is 6.37. The van der Waals surface area contributed by atoms with Crippen LogP contribution in [0, 0.1) is 0 Å². The second-order valence-electron chi connectivity index (χ2n) is 2.74. The number of hydrogen-bond acceptors (Lipinski definition) is 2. The molecular weight excluding hydrogens is 140 g/mol. The summed E-state index contributed by atoms with van der Waals surface area (Å²) in [6.45, 7) is 2.01. The number of rotatable bonds is 1. The van der Waals surface area contributed by atoms with Gasteiger partial charge in [0.1, 0.15) is 11.8 Å². The fourth-order valence-corrected chi connectivity index (χ4v) is 1.17. The summed E-state index contributed by atoms with van der Waals surface area (Å²) in [5.74, 6) is 0. The van der Waals surface area contributed by atoms with Crippen molar-refractivity contribution >= 4 is 5.71 Å². The van der Waals surface area contributed by atoms with Crippen molar-refractivity contribution in [1.82, 2.24) is 4.98 Å². The Labute approximate surface area is 65.1 Å². The molecule has 0 bridgehead atoms. The van der Waals surface area contributed by atoms with Gasteiger partial charge in [-0.25, -0.2) is 0 Å². The lowest BCUT2D eigenvalue weighted by Crippen LogP contribution is -2.03. The quantitative estimate of drug-likeness (QED) is 0.647. The molecule has 1 aliphatic rings. The maximum absolute atomic E-state index is 5.06. The number of nitrogens with one attached hydrogen (secondary N) is 1. The Balaban J connectivity index is 2.19. The summed E-state index contributed by atoms with van der Waals surface area (Å²) in [4.78, 5) is 8.15. The summed E-state index contributed by atoms with van der Waals surface area (Å²) in [6.07, 6.45) is 3.02. The summed E-state index contributed by atoms with van der Waals surface area (Å²) in [5.41, 5.74) is 2.08. The van der Waals surface area contributed by atoms with Crippen LogP contribution in [0.25, 0.3) is 0 Å². The Morgan fingerprint density at radius 1 is 1.73 bits per heavy atom. The SMILES string of the molecule is CC1CC(c2ccc[nH]2)=NO1. The molecule has 0 saturated carbocycles. The molecule has 0 amide bonds. The van der Waals surface area contributed by atoms with E-state index < -0.39 is 0 Å². The first-order chi connectivity index (χ1) is 5.36. The predicted molar refractivity (Wildman–Crippen MR) is 42.5 cm³/mol. The standard InChI is InChI=1S/C8H10N2O/c1-6-5-8(10-11-6)7-3-2-4-9-7/h2-4,6,9H,5H2,1H3. The summed E-state index contributed by atoms with van der Waals surface area (Å²) < 4.78 is 0. The zero-order valence-corrected chi connectivity index (χ0v) is 6.37. The molecule has 0 fully saturated rings. The van der Waals surface area contributed by atoms with E-state index in [-0.39, 0.29) is 6.10 Å². The van der Waals surface area contributed by atoms with E-state index in [1.54, 1.807) is 0 Å². The highest BCUT2D eigenvalue weighted by molar-refractivity contribution is 5.99. The van der Waals surface area contributed by atoms with E-state index in [1.165, 1.54) is 0 Å². The van der Waals surface area contributed by atoms with Crippen molar-refractivity contribution in [2.45, 2.75) is 19.4 Å². The van der Waals surface area contributed by atoms with Crippen LogP contribution in [0.15, 0.2) is 23.5 Å². The third kappa shape index (κ3) is 1.13. The van der Waals surface area contributed by atoms with Crippen molar-refractivity contribution in [2.24, 2.45) is 5.16 Å². The highest BCUT2D eigenvalue weighted by Crippen LogP contribution is 2.14. The van der Waals surface area contributed by atoms with Crippen molar-refractivity contribution in [3.8, 4) is 0 Å². The Bertz CT molecular complexity index is 264. The number of hydrogen-bond donors (Lipinski definition) is 1. The van der Waals surface area contributed by atoms with Crippen LogP contribution in [0.1, 0.15) is 19.0 Å². The molecule has 1 atom stereocenters. The molecule has 0 saturated heterocycles. The predicted octanol–water partition coefficient (Wildman–Crippen LogP) is 1.53. The van der Waals surface area contributed by atoms with E-state index in [2.05, 4.69) is 10.1 Å². The minimum absolute atomic E-state index is 0.230. The number of aromatic amines is 1. The summed E-state index contributed by atoms with van der Waals surface area (Å²) in [6, 6.07) is 3.96. The summed E-state index contributed by atoms with van der Waals surface area (Å²) in [7, 11) is 0. The average Bonchev–Trinajstić information content (AvgIpc) is 2.55. The molecule has 1 unspecified atom stereocenters. The number of nitrogens with zero attached hydrogens (tertiary/aromatic N) is 1. The topological polar surface area (TPSA) is 37.4 Å². The second-order valence-corrected chi connectivity index (χ2v) is 2.74. The third-order valence-corrected chi connectivity index (χ3v) is 1.73. The molecule has 11 heavy (non-hydrogen) atoms. The van der Waals surface area contributed by atoms with Crippen LogP contribution in [0.3, 0.4) is 0 Å². The minimum Gasteiger partial charge on any atom is -0.392 e. The normalized spacial score (nSPS) is 23.0. The molecule has 0 aromatic carbocycles. The Kier molecular flexibility index (Phi) is 1.42. The Morgan fingerprint density at radius 3 is 3.18 bits per heavy atom. The molecule has 0 aliphatic carbocycles. The van der Waals surface area contributed by atoms with Gasteiger partial charge in [-0.3, -0.25) is 0 Å². The van der Waals surface area contributed by atoms with Gasteiger partial charge in [0.15, 0.2) is 0 Å². The van der Waals surface area contributed by atoms with Crippen molar-refractivity contribution in [3.63, 3.8) is 0 Å². The first kappa shape index (κ1) is 6.46. The largest absolute Gasteiger partial charge is 0.392 e. The molecule has 0 spiro atoms. The van der Waals surface area contributed by atoms with Crippen LogP contribution in [0.2, 0.25) is 0 Å². The average molecular weight is 150 g/mol. The van der Waals surface area contributed by atoms with E-state index >= 15 is 0 Å². The van der Waals surface area contributed by atoms with Crippen LogP contribution in [0.4, 0.5) is 0 Å². The van der Waals surface area contributed by atoms with Gasteiger partial charge in [0.25, 0.3) is 0 Å². The number of H-pyrrole nitrogens is 1. The van der Waals surface area contributed by atoms with E-state index in [0.29, 0.717) is 0 Å². The van der Waals surface area contributed by atoms with Crippen molar-refractivity contribution in [1.29, 1.82) is 0 Å². The molecule has 3 heteroatoms. The van der Waals surface area contributed by atoms with Crippen LogP contribution in [-0.4, -0.2) is 16.8 Å². The lowest BCUT2D eigenvalue weighted by atomic mass is 10.1. The molecule has 1 aromatic heterocycles. The van der Waals surface area contributed by atoms with Gasteiger partial charge in [-0.2, -0.15) is 0 Å². The molecule has 58 valence electrons. The van der Waals surface area contributed by atoms with Crippen molar-refractivity contribution in [2.75, 3.05) is 0 Å². The van der Waals surface area contributed by atoms with Crippen LogP contribution >= 0.6 is 0 Å². The lowest BCUT2D eigenvalue weighted by molar-refractivity contribution is 0.0995. The third-order valence-electron chi connectivity index (χ3n) is 1.73.